The van der Waals surface area contributed by atoms with Gasteiger partial charge in [0.1, 0.15) is 17.5 Å². The van der Waals surface area contributed by atoms with Gasteiger partial charge in [-0.25, -0.2) is 17.6 Å². The van der Waals surface area contributed by atoms with Crippen molar-refractivity contribution in [3.8, 4) is 11.1 Å². The molecule has 2 aromatic carbocycles. The maximum absolute atomic E-state index is 13.5. The molecule has 1 aliphatic rings. The summed E-state index contributed by atoms with van der Waals surface area (Å²) in [4.78, 5) is 12.0. The summed E-state index contributed by atoms with van der Waals surface area (Å²) in [6.45, 7) is 5.55. The van der Waals surface area contributed by atoms with Crippen molar-refractivity contribution in [3.63, 3.8) is 0 Å². The number of furan rings is 1. The molecule has 1 aliphatic heterocycles. The Bertz CT molecular complexity index is 1320. The molecule has 0 spiro atoms. The monoisotopic (exact) mass is 508 g/mol. The molecular weight excluding hydrogens is 483 g/mol. The number of rotatable bonds is 5. The molecular formula is C24H26ClFN2O5S. The number of hydrogen-bond acceptors (Lipinski definition) is 5. The number of fused-ring (bicyclic) bond motifs is 1. The minimum atomic E-state index is -3.73. The van der Waals surface area contributed by atoms with Gasteiger partial charge in [0.25, 0.3) is 0 Å². The van der Waals surface area contributed by atoms with E-state index in [1.165, 1.54) is 16.4 Å². The van der Waals surface area contributed by atoms with E-state index in [1.807, 2.05) is 6.07 Å². The lowest BCUT2D eigenvalue weighted by Gasteiger charge is -2.19. The van der Waals surface area contributed by atoms with E-state index in [0.29, 0.717) is 16.4 Å². The van der Waals surface area contributed by atoms with Crippen LogP contribution in [0, 0.1) is 0 Å². The van der Waals surface area contributed by atoms with Crippen molar-refractivity contribution >= 4 is 38.7 Å². The average molecular weight is 509 g/mol. The van der Waals surface area contributed by atoms with E-state index in [1.54, 1.807) is 45.0 Å². The molecule has 10 heteroatoms. The van der Waals surface area contributed by atoms with Gasteiger partial charge in [-0.3, -0.25) is 0 Å². The molecule has 0 unspecified atom stereocenters. The molecule has 182 valence electrons. The van der Waals surface area contributed by atoms with Crippen LogP contribution in [0.3, 0.4) is 0 Å². The van der Waals surface area contributed by atoms with Gasteiger partial charge in [-0.2, -0.15) is 4.31 Å². The number of alkyl carbamates (subject to hydrolysis) is 1. The first-order chi connectivity index (χ1) is 15.9. The van der Waals surface area contributed by atoms with Gasteiger partial charge in [-0.05, 0) is 68.7 Å². The van der Waals surface area contributed by atoms with E-state index in [0.717, 1.165) is 16.5 Å². The van der Waals surface area contributed by atoms with Gasteiger partial charge in [-0.1, -0.05) is 23.7 Å². The molecule has 0 bridgehead atoms. The highest BCUT2D eigenvalue weighted by Gasteiger charge is 2.32. The van der Waals surface area contributed by atoms with Gasteiger partial charge in [0.2, 0.25) is 10.0 Å². The van der Waals surface area contributed by atoms with E-state index < -0.39 is 27.9 Å². The summed E-state index contributed by atoms with van der Waals surface area (Å²) in [5.41, 5.74) is 1.43. The second-order valence-electron chi connectivity index (χ2n) is 9.22. The molecule has 4 rings (SSSR count). The lowest BCUT2D eigenvalue weighted by Crippen LogP contribution is -2.32. The molecule has 0 saturated carbocycles. The van der Waals surface area contributed by atoms with Gasteiger partial charge in [0, 0.05) is 18.5 Å². The molecule has 1 fully saturated rings. The van der Waals surface area contributed by atoms with Crippen LogP contribution in [0.2, 0.25) is 5.02 Å². The van der Waals surface area contributed by atoms with Crippen molar-refractivity contribution < 1.29 is 26.8 Å². The fourth-order valence-electron chi connectivity index (χ4n) is 3.77. The molecule has 2 heterocycles. The summed E-state index contributed by atoms with van der Waals surface area (Å²) in [5, 5.41) is 3.78. The number of nitrogens with one attached hydrogen (secondary N) is 1. The number of ether oxygens (including phenoxy) is 1. The van der Waals surface area contributed by atoms with Crippen LogP contribution in [0.25, 0.3) is 22.1 Å². The van der Waals surface area contributed by atoms with Crippen molar-refractivity contribution in [2.45, 2.75) is 50.4 Å². The zero-order valence-electron chi connectivity index (χ0n) is 19.1. The summed E-state index contributed by atoms with van der Waals surface area (Å²) in [6.07, 6.45) is -1.46. The van der Waals surface area contributed by atoms with E-state index in [4.69, 9.17) is 20.8 Å². The summed E-state index contributed by atoms with van der Waals surface area (Å²) in [7, 11) is -3.73. The molecule has 3 aromatic rings. The van der Waals surface area contributed by atoms with Crippen LogP contribution in [-0.4, -0.2) is 43.7 Å². The Kier molecular flexibility index (Phi) is 6.63. The van der Waals surface area contributed by atoms with Gasteiger partial charge >= 0.3 is 6.09 Å². The average Bonchev–Trinajstić information content (AvgIpc) is 3.38. The number of alkyl halides is 1. The van der Waals surface area contributed by atoms with E-state index in [9.17, 15) is 17.6 Å². The topological polar surface area (TPSA) is 88.8 Å². The van der Waals surface area contributed by atoms with Crippen LogP contribution in [0.1, 0.15) is 33.0 Å². The summed E-state index contributed by atoms with van der Waals surface area (Å²) in [5.74, 6) is 0.512. The number of hydrogen-bond donors (Lipinski definition) is 1. The Labute approximate surface area is 202 Å². The maximum atomic E-state index is 13.5. The summed E-state index contributed by atoms with van der Waals surface area (Å²) >= 11 is 6.44. The number of amides is 1. The van der Waals surface area contributed by atoms with Crippen LogP contribution in [0.5, 0.6) is 0 Å². The molecule has 34 heavy (non-hydrogen) atoms. The predicted molar refractivity (Wildman–Crippen MR) is 128 cm³/mol. The molecule has 1 saturated heterocycles. The molecule has 1 N–H and O–H groups in total. The number of benzene rings is 2. The largest absolute Gasteiger partial charge is 0.458 e. The van der Waals surface area contributed by atoms with Crippen LogP contribution in [-0.2, 0) is 21.3 Å². The lowest BCUT2D eigenvalue weighted by molar-refractivity contribution is 0.0520. The summed E-state index contributed by atoms with van der Waals surface area (Å²) < 4.78 is 51.1. The van der Waals surface area contributed by atoms with Crippen LogP contribution in [0.15, 0.2) is 51.8 Å². The minimum absolute atomic E-state index is 0.109. The number of nitrogens with zero attached hydrogens (tertiary/aromatic N) is 1. The second-order valence-corrected chi connectivity index (χ2v) is 11.6. The van der Waals surface area contributed by atoms with Gasteiger partial charge in [0.15, 0.2) is 5.58 Å². The number of carbonyl (C=O) groups is 1. The second kappa shape index (κ2) is 9.20. The first-order valence-electron chi connectivity index (χ1n) is 10.9. The first kappa shape index (κ1) is 24.5. The lowest BCUT2D eigenvalue weighted by atomic mass is 10.0. The Morgan fingerprint density at radius 2 is 1.91 bits per heavy atom. The fraction of sp³-hybridized carbons (Fsp3) is 0.375. The van der Waals surface area contributed by atoms with Crippen LogP contribution in [0.4, 0.5) is 9.18 Å². The highest BCUT2D eigenvalue weighted by Crippen LogP contribution is 2.34. The van der Waals surface area contributed by atoms with Crippen LogP contribution < -0.4 is 5.32 Å². The molecule has 1 atom stereocenters. The Balaban J connectivity index is 1.53. The number of carbonyl (C=O) groups excluding carboxylic acids is 1. The van der Waals surface area contributed by atoms with E-state index in [-0.39, 0.29) is 31.0 Å². The third-order valence-electron chi connectivity index (χ3n) is 5.35. The predicted octanol–water partition coefficient (Wildman–Crippen LogP) is 5.51. The van der Waals surface area contributed by atoms with Gasteiger partial charge < -0.3 is 14.5 Å². The third kappa shape index (κ3) is 5.37. The fourth-order valence-corrected chi connectivity index (χ4v) is 5.51. The number of halogens is 2. The van der Waals surface area contributed by atoms with Crippen molar-refractivity contribution in [3.05, 3.63) is 53.2 Å². The van der Waals surface area contributed by atoms with Gasteiger partial charge in [0.05, 0.1) is 16.5 Å². The molecule has 7 nitrogen and oxygen atoms in total. The van der Waals surface area contributed by atoms with E-state index in [2.05, 4.69) is 5.32 Å². The third-order valence-corrected chi connectivity index (χ3v) is 7.51. The first-order valence-corrected chi connectivity index (χ1v) is 12.7. The summed E-state index contributed by atoms with van der Waals surface area (Å²) in [6, 6.07) is 11.8. The Hall–Kier alpha value is -2.62. The smallest absolute Gasteiger partial charge is 0.408 e. The molecule has 0 aliphatic carbocycles. The normalized spacial score (nSPS) is 17.3. The van der Waals surface area contributed by atoms with Crippen molar-refractivity contribution in [2.24, 2.45) is 0 Å². The molecule has 0 radical (unpaired) electrons. The van der Waals surface area contributed by atoms with Crippen molar-refractivity contribution in [1.82, 2.24) is 9.62 Å². The molecule has 1 amide bonds. The van der Waals surface area contributed by atoms with Crippen molar-refractivity contribution in [1.29, 1.82) is 0 Å². The van der Waals surface area contributed by atoms with Crippen molar-refractivity contribution in [2.75, 3.05) is 13.1 Å². The standard InChI is InChI=1S/C24H26ClFN2O5S/c1-24(2,3)33-23(29)27-13-19-11-17-10-16(12-21(25)22(17)32-19)15-4-6-20(7-5-15)34(30,31)28-9-8-18(26)14-28/h4-7,10-12,18H,8-9,13-14H2,1-3H3,(H,27,29)/t18-/m1/s1. The number of sulfonamides is 1. The SMILES string of the molecule is CC(C)(C)OC(=O)NCc1cc2cc(-c3ccc(S(=O)(=O)N4CC[C@@H](F)C4)cc3)cc(Cl)c2o1. The zero-order chi connectivity index (χ0) is 24.7. The minimum Gasteiger partial charge on any atom is -0.458 e. The molecule has 1 aromatic heterocycles. The quantitative estimate of drug-likeness (QED) is 0.491. The maximum Gasteiger partial charge on any atom is 0.408 e. The highest BCUT2D eigenvalue weighted by atomic mass is 35.5. The van der Waals surface area contributed by atoms with Gasteiger partial charge in [-0.15, -0.1) is 0 Å². The van der Waals surface area contributed by atoms with E-state index >= 15 is 0 Å². The Morgan fingerprint density at radius 3 is 2.53 bits per heavy atom. The highest BCUT2D eigenvalue weighted by molar-refractivity contribution is 7.89. The zero-order valence-corrected chi connectivity index (χ0v) is 20.7. The Morgan fingerprint density at radius 1 is 1.21 bits per heavy atom. The van der Waals surface area contributed by atoms with Crippen LogP contribution >= 0.6 is 11.6 Å².